The number of rotatable bonds is 4. The van der Waals surface area contributed by atoms with Crippen molar-refractivity contribution in [2.75, 3.05) is 0 Å². The van der Waals surface area contributed by atoms with Crippen LogP contribution in [0.4, 0.5) is 0 Å². The van der Waals surface area contributed by atoms with Crippen LogP contribution in [0.25, 0.3) is 0 Å². The molecule has 3 rings (SSSR count). The number of hydrogen-bond acceptors (Lipinski definition) is 3. The Bertz CT molecular complexity index is 670. The smallest absolute Gasteiger partial charge is 0.248 e. The fourth-order valence-corrected chi connectivity index (χ4v) is 5.35. The normalized spacial score (nSPS) is 28.1. The van der Waals surface area contributed by atoms with Crippen LogP contribution in [0.3, 0.4) is 0 Å². The molecular formula is C17H24N2O3S. The topological polar surface area (TPSA) is 89.3 Å². The number of benzene rings is 1. The van der Waals surface area contributed by atoms with Gasteiger partial charge in [-0.25, -0.2) is 13.1 Å². The molecule has 0 aromatic heterocycles. The zero-order chi connectivity index (χ0) is 16.4. The molecule has 1 aromatic carbocycles. The van der Waals surface area contributed by atoms with Crippen molar-refractivity contribution in [2.45, 2.75) is 55.9 Å². The van der Waals surface area contributed by atoms with Crippen molar-refractivity contribution in [3.05, 3.63) is 29.8 Å². The quantitative estimate of drug-likeness (QED) is 0.885. The molecule has 2 aliphatic rings. The van der Waals surface area contributed by atoms with Gasteiger partial charge in [-0.05, 0) is 55.4 Å². The second kappa shape index (κ2) is 6.61. The summed E-state index contributed by atoms with van der Waals surface area (Å²) >= 11 is 0. The van der Waals surface area contributed by atoms with Crippen LogP contribution in [0, 0.1) is 11.8 Å². The lowest BCUT2D eigenvalue weighted by molar-refractivity contribution is 0.1000. The minimum atomic E-state index is -3.54. The largest absolute Gasteiger partial charge is 0.366 e. The van der Waals surface area contributed by atoms with Gasteiger partial charge in [-0.1, -0.05) is 25.7 Å². The van der Waals surface area contributed by atoms with Crippen molar-refractivity contribution in [3.63, 3.8) is 0 Å². The minimum Gasteiger partial charge on any atom is -0.366 e. The van der Waals surface area contributed by atoms with Crippen LogP contribution in [0.5, 0.6) is 0 Å². The number of carbonyl (C=O) groups excluding carboxylic acids is 1. The molecule has 0 radical (unpaired) electrons. The van der Waals surface area contributed by atoms with E-state index in [-0.39, 0.29) is 10.9 Å². The zero-order valence-electron chi connectivity index (χ0n) is 13.2. The summed E-state index contributed by atoms with van der Waals surface area (Å²) in [4.78, 5) is 11.3. The average Bonchev–Trinajstić information content (AvgIpc) is 2.54. The Labute approximate surface area is 137 Å². The summed E-state index contributed by atoms with van der Waals surface area (Å²) in [5, 5.41) is 0. The lowest BCUT2D eigenvalue weighted by Gasteiger charge is -2.39. The number of carbonyl (C=O) groups is 1. The highest BCUT2D eigenvalue weighted by Crippen LogP contribution is 2.40. The third kappa shape index (κ3) is 3.75. The standard InChI is InChI=1S/C17H24N2O3S/c18-17(20)13-6-9-16(10-7-13)23(21,22)19-15-8-5-12-3-1-2-4-14(12)11-15/h6-7,9-10,12,14-15,19H,1-5,8,11H2,(H2,18,20)/t12-,14-,15+/m0/s1. The van der Waals surface area contributed by atoms with E-state index >= 15 is 0 Å². The van der Waals surface area contributed by atoms with Crippen LogP contribution < -0.4 is 10.5 Å². The van der Waals surface area contributed by atoms with Crippen LogP contribution in [-0.2, 0) is 10.0 Å². The van der Waals surface area contributed by atoms with Gasteiger partial charge in [0, 0.05) is 11.6 Å². The van der Waals surface area contributed by atoms with Crippen molar-refractivity contribution in [2.24, 2.45) is 17.6 Å². The molecule has 2 aliphatic carbocycles. The molecule has 0 unspecified atom stereocenters. The number of amides is 1. The number of hydrogen-bond donors (Lipinski definition) is 2. The third-order valence-corrected chi connectivity index (χ3v) is 6.85. The van der Waals surface area contributed by atoms with E-state index in [4.69, 9.17) is 5.73 Å². The summed E-state index contributed by atoms with van der Waals surface area (Å²) in [5.41, 5.74) is 5.49. The molecule has 5 nitrogen and oxygen atoms in total. The number of nitrogens with one attached hydrogen (secondary N) is 1. The molecular weight excluding hydrogens is 312 g/mol. The fraction of sp³-hybridized carbons (Fsp3) is 0.588. The van der Waals surface area contributed by atoms with E-state index in [2.05, 4.69) is 4.72 Å². The van der Waals surface area contributed by atoms with E-state index in [1.165, 1.54) is 49.9 Å². The first-order valence-electron chi connectivity index (χ1n) is 8.38. The van der Waals surface area contributed by atoms with E-state index in [0.29, 0.717) is 11.5 Å². The first-order valence-corrected chi connectivity index (χ1v) is 9.86. The van der Waals surface area contributed by atoms with E-state index in [9.17, 15) is 13.2 Å². The summed E-state index contributed by atoms with van der Waals surface area (Å²) in [6.07, 6.45) is 8.12. The molecule has 23 heavy (non-hydrogen) atoms. The van der Waals surface area contributed by atoms with Crippen LogP contribution in [0.15, 0.2) is 29.2 Å². The van der Waals surface area contributed by atoms with Gasteiger partial charge in [0.05, 0.1) is 4.90 Å². The lowest BCUT2D eigenvalue weighted by atomic mass is 9.70. The van der Waals surface area contributed by atoms with Crippen LogP contribution >= 0.6 is 0 Å². The highest BCUT2D eigenvalue weighted by atomic mass is 32.2. The van der Waals surface area contributed by atoms with E-state index < -0.39 is 15.9 Å². The number of sulfonamides is 1. The average molecular weight is 336 g/mol. The molecule has 0 heterocycles. The van der Waals surface area contributed by atoms with Gasteiger partial charge < -0.3 is 5.73 Å². The van der Waals surface area contributed by atoms with Gasteiger partial charge in [0.2, 0.25) is 15.9 Å². The second-order valence-corrected chi connectivity index (χ2v) is 8.54. The molecule has 3 atom stereocenters. The van der Waals surface area contributed by atoms with Gasteiger partial charge in [0.15, 0.2) is 0 Å². The summed E-state index contributed by atoms with van der Waals surface area (Å²) in [7, 11) is -3.54. The predicted molar refractivity (Wildman–Crippen MR) is 88.4 cm³/mol. The Hall–Kier alpha value is -1.40. The summed E-state index contributed by atoms with van der Waals surface area (Å²) < 4.78 is 27.9. The Morgan fingerprint density at radius 2 is 1.65 bits per heavy atom. The molecule has 3 N–H and O–H groups in total. The predicted octanol–water partition coefficient (Wildman–Crippen LogP) is 2.42. The molecule has 6 heteroatoms. The van der Waals surface area contributed by atoms with Gasteiger partial charge >= 0.3 is 0 Å². The summed E-state index contributed by atoms with van der Waals surface area (Å²) in [5.74, 6) is 0.902. The van der Waals surface area contributed by atoms with Crippen molar-refractivity contribution in [3.8, 4) is 0 Å². The molecule has 0 aliphatic heterocycles. The van der Waals surface area contributed by atoms with Crippen molar-refractivity contribution < 1.29 is 13.2 Å². The number of fused-ring (bicyclic) bond motifs is 1. The molecule has 0 saturated heterocycles. The SMILES string of the molecule is NC(=O)c1ccc(S(=O)(=O)N[C@@H]2CC[C@@H]3CCCC[C@H]3C2)cc1. The summed E-state index contributed by atoms with van der Waals surface area (Å²) in [6, 6.07) is 5.81. The highest BCUT2D eigenvalue weighted by molar-refractivity contribution is 7.89. The monoisotopic (exact) mass is 336 g/mol. The lowest BCUT2D eigenvalue weighted by Crippen LogP contribution is -2.41. The van der Waals surface area contributed by atoms with E-state index in [1.807, 2.05) is 0 Å². The molecule has 1 aromatic rings. The van der Waals surface area contributed by atoms with Gasteiger partial charge in [0.1, 0.15) is 0 Å². The number of nitrogens with two attached hydrogens (primary N) is 1. The molecule has 2 fully saturated rings. The Balaban J connectivity index is 1.67. The maximum absolute atomic E-state index is 12.5. The Kier molecular flexibility index (Phi) is 4.73. The molecule has 2 saturated carbocycles. The van der Waals surface area contributed by atoms with E-state index in [1.54, 1.807) is 0 Å². The van der Waals surface area contributed by atoms with Crippen molar-refractivity contribution in [1.29, 1.82) is 0 Å². The number of primary amides is 1. The molecule has 126 valence electrons. The van der Waals surface area contributed by atoms with Crippen LogP contribution in [0.1, 0.15) is 55.3 Å². The fourth-order valence-electron chi connectivity index (χ4n) is 4.07. The maximum Gasteiger partial charge on any atom is 0.248 e. The first kappa shape index (κ1) is 16.5. The second-order valence-electron chi connectivity index (χ2n) is 6.82. The molecule has 0 bridgehead atoms. The minimum absolute atomic E-state index is 0.0233. The van der Waals surface area contributed by atoms with Gasteiger partial charge in [-0.15, -0.1) is 0 Å². The third-order valence-electron chi connectivity index (χ3n) is 5.31. The van der Waals surface area contributed by atoms with Crippen LogP contribution in [-0.4, -0.2) is 20.4 Å². The summed E-state index contributed by atoms with van der Waals surface area (Å²) in [6.45, 7) is 0. The zero-order valence-corrected chi connectivity index (χ0v) is 14.0. The Morgan fingerprint density at radius 3 is 2.30 bits per heavy atom. The van der Waals surface area contributed by atoms with Gasteiger partial charge in [0.25, 0.3) is 0 Å². The van der Waals surface area contributed by atoms with Gasteiger partial charge in [-0.3, -0.25) is 4.79 Å². The van der Waals surface area contributed by atoms with Gasteiger partial charge in [-0.2, -0.15) is 0 Å². The highest BCUT2D eigenvalue weighted by Gasteiger charge is 2.33. The van der Waals surface area contributed by atoms with Crippen molar-refractivity contribution in [1.82, 2.24) is 4.72 Å². The first-order chi connectivity index (χ1) is 11.0. The van der Waals surface area contributed by atoms with E-state index in [0.717, 1.165) is 25.2 Å². The van der Waals surface area contributed by atoms with Crippen molar-refractivity contribution >= 4 is 15.9 Å². The van der Waals surface area contributed by atoms with Crippen LogP contribution in [0.2, 0.25) is 0 Å². The molecule has 1 amide bonds. The Morgan fingerprint density at radius 1 is 1.00 bits per heavy atom. The maximum atomic E-state index is 12.5. The molecule has 0 spiro atoms.